The smallest absolute Gasteiger partial charge is 0.145 e. The molecule has 20 heavy (non-hydrogen) atoms. The average Bonchev–Trinajstić information content (AvgIpc) is 2.41. The van der Waals surface area contributed by atoms with Gasteiger partial charge in [0.25, 0.3) is 0 Å². The highest BCUT2D eigenvalue weighted by molar-refractivity contribution is 6.36. The van der Waals surface area contributed by atoms with E-state index in [0.29, 0.717) is 16.1 Å². The fraction of sp³-hybridized carbons (Fsp3) is 0.0714. The van der Waals surface area contributed by atoms with Crippen molar-refractivity contribution >= 4 is 29.4 Å². The van der Waals surface area contributed by atoms with Crippen LogP contribution in [0.1, 0.15) is 11.1 Å². The number of benzene rings is 2. The molecule has 0 atom stereocenters. The summed E-state index contributed by atoms with van der Waals surface area (Å²) in [4.78, 5) is 4.97. The van der Waals surface area contributed by atoms with Crippen LogP contribution >= 0.6 is 23.2 Å². The molecule has 2 aromatic rings. The maximum atomic E-state index is 13.3. The van der Waals surface area contributed by atoms with Crippen molar-refractivity contribution in [2.45, 2.75) is 6.61 Å². The van der Waals surface area contributed by atoms with Gasteiger partial charge in [-0.25, -0.2) is 4.39 Å². The van der Waals surface area contributed by atoms with Gasteiger partial charge >= 0.3 is 0 Å². The third-order valence-electron chi connectivity index (χ3n) is 2.50. The Hall–Kier alpha value is -1.78. The fourth-order valence-corrected chi connectivity index (χ4v) is 2.01. The van der Waals surface area contributed by atoms with Gasteiger partial charge in [-0.3, -0.25) is 0 Å². The standard InChI is InChI=1S/C14H10Cl2FNO2/c15-11-5-10(14(19)12(16)6-11)7-18-20-8-9-3-1-2-4-13(9)17/h1-7,19H,8H2/b18-7+. The highest BCUT2D eigenvalue weighted by Crippen LogP contribution is 2.30. The Morgan fingerprint density at radius 3 is 2.75 bits per heavy atom. The first kappa shape index (κ1) is 14.6. The Morgan fingerprint density at radius 2 is 2.00 bits per heavy atom. The predicted octanol–water partition coefficient (Wildman–Crippen LogP) is 4.39. The van der Waals surface area contributed by atoms with Crippen LogP contribution in [0, 0.1) is 5.82 Å². The zero-order valence-electron chi connectivity index (χ0n) is 10.2. The van der Waals surface area contributed by atoms with Crippen molar-refractivity contribution < 1.29 is 14.3 Å². The monoisotopic (exact) mass is 313 g/mol. The van der Waals surface area contributed by atoms with Crippen LogP contribution in [0.2, 0.25) is 10.0 Å². The average molecular weight is 314 g/mol. The van der Waals surface area contributed by atoms with Gasteiger partial charge in [-0.15, -0.1) is 0 Å². The van der Waals surface area contributed by atoms with Gasteiger partial charge in [0.05, 0.1) is 11.2 Å². The maximum absolute atomic E-state index is 13.3. The molecule has 0 aromatic heterocycles. The van der Waals surface area contributed by atoms with Crippen LogP contribution in [0.15, 0.2) is 41.6 Å². The second-order valence-electron chi connectivity index (χ2n) is 3.92. The maximum Gasteiger partial charge on any atom is 0.145 e. The molecule has 0 spiro atoms. The van der Waals surface area contributed by atoms with E-state index >= 15 is 0 Å². The fourth-order valence-electron chi connectivity index (χ4n) is 1.50. The van der Waals surface area contributed by atoms with Crippen LogP contribution in [0.4, 0.5) is 4.39 Å². The minimum Gasteiger partial charge on any atom is -0.506 e. The molecule has 0 radical (unpaired) electrons. The first-order valence-electron chi connectivity index (χ1n) is 5.64. The summed E-state index contributed by atoms with van der Waals surface area (Å²) in [6.45, 7) is -0.0156. The zero-order valence-corrected chi connectivity index (χ0v) is 11.7. The van der Waals surface area contributed by atoms with E-state index in [9.17, 15) is 9.50 Å². The quantitative estimate of drug-likeness (QED) is 0.672. The summed E-state index contributed by atoms with van der Waals surface area (Å²) in [5.74, 6) is -0.509. The van der Waals surface area contributed by atoms with Gasteiger partial charge in [-0.05, 0) is 18.2 Å². The second-order valence-corrected chi connectivity index (χ2v) is 4.77. The first-order valence-corrected chi connectivity index (χ1v) is 6.40. The minimum atomic E-state index is -0.364. The molecule has 0 saturated heterocycles. The number of hydrogen-bond donors (Lipinski definition) is 1. The van der Waals surface area contributed by atoms with Gasteiger partial charge < -0.3 is 9.94 Å². The molecule has 2 rings (SSSR count). The Kier molecular flexibility index (Phi) is 4.82. The van der Waals surface area contributed by atoms with E-state index in [2.05, 4.69) is 5.16 Å². The Morgan fingerprint density at radius 1 is 1.25 bits per heavy atom. The van der Waals surface area contributed by atoms with Crippen LogP contribution in [0.25, 0.3) is 0 Å². The van der Waals surface area contributed by atoms with Gasteiger partial charge in [0.1, 0.15) is 18.2 Å². The lowest BCUT2D eigenvalue weighted by atomic mass is 10.2. The van der Waals surface area contributed by atoms with Gasteiger partial charge in [0.2, 0.25) is 0 Å². The molecule has 0 saturated carbocycles. The summed E-state index contributed by atoms with van der Waals surface area (Å²) in [5.41, 5.74) is 0.703. The molecule has 0 unspecified atom stereocenters. The van der Waals surface area contributed by atoms with Crippen molar-refractivity contribution in [3.8, 4) is 5.75 Å². The summed E-state index contributed by atoms with van der Waals surface area (Å²) >= 11 is 11.6. The molecular formula is C14H10Cl2FNO2. The van der Waals surface area contributed by atoms with Crippen LogP contribution in [-0.2, 0) is 11.4 Å². The van der Waals surface area contributed by atoms with Gasteiger partial charge in [0.15, 0.2) is 0 Å². The number of oxime groups is 1. The van der Waals surface area contributed by atoms with Gasteiger partial charge in [-0.1, -0.05) is 46.6 Å². The lowest BCUT2D eigenvalue weighted by molar-refractivity contribution is 0.129. The van der Waals surface area contributed by atoms with E-state index in [1.165, 1.54) is 24.4 Å². The summed E-state index contributed by atoms with van der Waals surface area (Å²) < 4.78 is 13.3. The van der Waals surface area contributed by atoms with E-state index in [-0.39, 0.29) is 23.2 Å². The number of halogens is 3. The molecule has 0 bridgehead atoms. The topological polar surface area (TPSA) is 41.8 Å². The molecule has 0 fully saturated rings. The molecule has 104 valence electrons. The van der Waals surface area contributed by atoms with E-state index in [4.69, 9.17) is 28.0 Å². The molecule has 0 aliphatic carbocycles. The molecule has 6 heteroatoms. The Bertz CT molecular complexity index is 647. The SMILES string of the molecule is Oc1c(Cl)cc(Cl)cc1/C=N/OCc1ccccc1F. The van der Waals surface area contributed by atoms with Crippen molar-refractivity contribution in [3.05, 3.63) is 63.4 Å². The first-order chi connectivity index (χ1) is 9.58. The lowest BCUT2D eigenvalue weighted by Gasteiger charge is -2.03. The van der Waals surface area contributed by atoms with Crippen molar-refractivity contribution in [2.24, 2.45) is 5.16 Å². The summed E-state index contributed by atoms with van der Waals surface area (Å²) in [6, 6.07) is 9.13. The van der Waals surface area contributed by atoms with Crippen LogP contribution in [0.5, 0.6) is 5.75 Å². The van der Waals surface area contributed by atoms with Gasteiger partial charge in [-0.2, -0.15) is 0 Å². The molecule has 0 heterocycles. The highest BCUT2D eigenvalue weighted by Gasteiger charge is 2.06. The van der Waals surface area contributed by atoms with E-state index in [0.717, 1.165) is 0 Å². The van der Waals surface area contributed by atoms with Crippen LogP contribution in [-0.4, -0.2) is 11.3 Å². The number of phenols is 1. The van der Waals surface area contributed by atoms with Crippen LogP contribution < -0.4 is 0 Å². The van der Waals surface area contributed by atoms with Crippen molar-refractivity contribution in [1.82, 2.24) is 0 Å². The largest absolute Gasteiger partial charge is 0.506 e. The summed E-state index contributed by atoms with van der Waals surface area (Å²) in [5, 5.41) is 13.8. The highest BCUT2D eigenvalue weighted by atomic mass is 35.5. The third-order valence-corrected chi connectivity index (χ3v) is 3.01. The molecule has 0 aliphatic rings. The summed E-state index contributed by atoms with van der Waals surface area (Å²) in [6.07, 6.45) is 1.26. The minimum absolute atomic E-state index is 0.0156. The molecule has 0 amide bonds. The van der Waals surface area contributed by atoms with E-state index < -0.39 is 0 Å². The molecule has 1 N–H and O–H groups in total. The summed E-state index contributed by atoms with van der Waals surface area (Å²) in [7, 11) is 0. The van der Waals surface area contributed by atoms with E-state index in [1.807, 2.05) is 0 Å². The number of rotatable bonds is 4. The lowest BCUT2D eigenvalue weighted by Crippen LogP contribution is -1.92. The number of phenolic OH excluding ortho intramolecular Hbond substituents is 1. The normalized spacial score (nSPS) is 10.9. The second kappa shape index (κ2) is 6.59. The molecule has 3 nitrogen and oxygen atoms in total. The van der Waals surface area contributed by atoms with Crippen LogP contribution in [0.3, 0.4) is 0 Å². The predicted molar refractivity (Wildman–Crippen MR) is 76.9 cm³/mol. The van der Waals surface area contributed by atoms with Gasteiger partial charge in [0, 0.05) is 16.1 Å². The number of hydrogen-bond acceptors (Lipinski definition) is 3. The third kappa shape index (κ3) is 3.62. The Labute approximate surface area is 125 Å². The molecular weight excluding hydrogens is 304 g/mol. The van der Waals surface area contributed by atoms with Crippen molar-refractivity contribution in [3.63, 3.8) is 0 Å². The number of nitrogens with zero attached hydrogens (tertiary/aromatic N) is 1. The molecule has 0 aliphatic heterocycles. The molecule has 2 aromatic carbocycles. The van der Waals surface area contributed by atoms with Crippen molar-refractivity contribution in [2.75, 3.05) is 0 Å². The van der Waals surface area contributed by atoms with Crippen molar-refractivity contribution in [1.29, 1.82) is 0 Å². The number of aromatic hydroxyl groups is 1. The Balaban J connectivity index is 2.03. The van der Waals surface area contributed by atoms with E-state index in [1.54, 1.807) is 18.2 Å². The zero-order chi connectivity index (χ0) is 14.5.